The van der Waals surface area contributed by atoms with E-state index in [1.54, 1.807) is 4.68 Å². The summed E-state index contributed by atoms with van der Waals surface area (Å²) in [6, 6.07) is 0. The Kier molecular flexibility index (Phi) is 4.70. The van der Waals surface area contributed by atoms with E-state index in [4.69, 9.17) is 0 Å². The van der Waals surface area contributed by atoms with Crippen LogP contribution in [0.15, 0.2) is 0 Å². The fraction of sp³-hybridized carbons (Fsp3) is 0.917. The summed E-state index contributed by atoms with van der Waals surface area (Å²) in [5.41, 5.74) is 0.0288. The number of nitrogens with zero attached hydrogens (tertiary/aromatic N) is 4. The topological polar surface area (TPSA) is 80.9 Å². The molecule has 0 amide bonds. The lowest BCUT2D eigenvalue weighted by Gasteiger charge is -2.61. The minimum absolute atomic E-state index is 0.128. The van der Waals surface area contributed by atoms with Crippen LogP contribution >= 0.6 is 0 Å². The number of aliphatic hydroxyl groups is 1. The average molecular weight is 415 g/mol. The van der Waals surface area contributed by atoms with Crippen LogP contribution in [-0.4, -0.2) is 36.7 Å². The predicted octanol–water partition coefficient (Wildman–Crippen LogP) is 3.96. The molecule has 6 nitrogen and oxygen atoms in total. The third-order valence-electron chi connectivity index (χ3n) is 10.4. The van der Waals surface area contributed by atoms with Crippen molar-refractivity contribution in [3.63, 3.8) is 0 Å². The van der Waals surface area contributed by atoms with Gasteiger partial charge in [-0.3, -0.25) is 4.79 Å². The van der Waals surface area contributed by atoms with E-state index in [0.717, 1.165) is 37.5 Å². The molecule has 8 atom stereocenters. The zero-order valence-corrected chi connectivity index (χ0v) is 19.1. The molecule has 1 heterocycles. The second-order valence-corrected chi connectivity index (χ2v) is 11.9. The van der Waals surface area contributed by atoms with Crippen LogP contribution in [0.5, 0.6) is 0 Å². The highest BCUT2D eigenvalue weighted by molar-refractivity contribution is 5.82. The van der Waals surface area contributed by atoms with Gasteiger partial charge in [0.2, 0.25) is 0 Å². The molecule has 4 saturated carbocycles. The molecule has 0 spiro atoms. The summed E-state index contributed by atoms with van der Waals surface area (Å²) in [5.74, 6) is 4.02. The normalized spacial score (nSPS) is 48.0. The summed E-state index contributed by atoms with van der Waals surface area (Å²) < 4.78 is 1.66. The lowest BCUT2D eigenvalue weighted by Crippen LogP contribution is -2.55. The molecule has 0 aromatic carbocycles. The molecule has 0 aliphatic heterocycles. The first-order valence-electron chi connectivity index (χ1n) is 12.1. The highest BCUT2D eigenvalue weighted by Crippen LogP contribution is 2.68. The van der Waals surface area contributed by atoms with Crippen molar-refractivity contribution in [1.29, 1.82) is 0 Å². The van der Waals surface area contributed by atoms with Crippen molar-refractivity contribution in [2.45, 2.75) is 97.6 Å². The van der Waals surface area contributed by atoms with Gasteiger partial charge in [0.1, 0.15) is 12.4 Å². The minimum atomic E-state index is -0.473. The fourth-order valence-electron chi connectivity index (χ4n) is 8.61. The number of carbonyl (C=O) groups is 1. The van der Waals surface area contributed by atoms with Gasteiger partial charge in [0.25, 0.3) is 0 Å². The zero-order valence-electron chi connectivity index (χ0n) is 19.1. The maximum absolute atomic E-state index is 13.3. The van der Waals surface area contributed by atoms with Crippen molar-refractivity contribution in [2.75, 3.05) is 0 Å². The van der Waals surface area contributed by atoms with Gasteiger partial charge in [0.15, 0.2) is 5.78 Å². The molecule has 1 N–H and O–H groups in total. The van der Waals surface area contributed by atoms with Crippen LogP contribution in [0.4, 0.5) is 0 Å². The van der Waals surface area contributed by atoms with Gasteiger partial charge in [-0.2, -0.15) is 0 Å². The molecule has 6 heteroatoms. The SMILES string of the molecule is Cc1nnnn1CC(=O)[C@H]1CC[C@H]2[C@@H]3CC[C@H]4C[C@](C)(O)CC[C@]4(C)[C@H]3CC[C@]12C. The van der Waals surface area contributed by atoms with Crippen molar-refractivity contribution in [2.24, 2.45) is 40.4 Å². The van der Waals surface area contributed by atoms with Crippen LogP contribution < -0.4 is 0 Å². The first-order valence-corrected chi connectivity index (χ1v) is 12.1. The summed E-state index contributed by atoms with van der Waals surface area (Å²) in [7, 11) is 0. The molecular formula is C24H38N4O2. The first kappa shape index (κ1) is 20.6. The van der Waals surface area contributed by atoms with Crippen molar-refractivity contribution < 1.29 is 9.90 Å². The highest BCUT2D eigenvalue weighted by atomic mass is 16.3. The Balaban J connectivity index is 1.35. The number of ketones is 1. The molecule has 1 aromatic rings. The van der Waals surface area contributed by atoms with Crippen LogP contribution in [0.25, 0.3) is 0 Å². The van der Waals surface area contributed by atoms with Crippen molar-refractivity contribution in [3.05, 3.63) is 5.82 Å². The molecule has 4 aliphatic carbocycles. The van der Waals surface area contributed by atoms with Crippen molar-refractivity contribution >= 4 is 5.78 Å². The molecule has 0 unspecified atom stereocenters. The summed E-state index contributed by atoms with van der Waals surface area (Å²) in [4.78, 5) is 13.3. The smallest absolute Gasteiger partial charge is 0.158 e. The van der Waals surface area contributed by atoms with Gasteiger partial charge in [0, 0.05) is 5.92 Å². The third kappa shape index (κ3) is 3.00. The van der Waals surface area contributed by atoms with Crippen LogP contribution in [-0.2, 0) is 11.3 Å². The number of rotatable bonds is 3. The molecule has 0 bridgehead atoms. The quantitative estimate of drug-likeness (QED) is 0.810. The van der Waals surface area contributed by atoms with E-state index < -0.39 is 5.60 Å². The number of hydrogen-bond donors (Lipinski definition) is 1. The van der Waals surface area contributed by atoms with Gasteiger partial charge in [-0.25, -0.2) is 4.68 Å². The van der Waals surface area contributed by atoms with E-state index in [9.17, 15) is 9.90 Å². The Morgan fingerprint density at radius 3 is 2.53 bits per heavy atom. The summed E-state index contributed by atoms with van der Waals surface area (Å²) >= 11 is 0. The summed E-state index contributed by atoms with van der Waals surface area (Å²) in [5, 5.41) is 22.3. The molecule has 0 radical (unpaired) electrons. The fourth-order valence-corrected chi connectivity index (χ4v) is 8.61. The average Bonchev–Trinajstić information content (AvgIpc) is 3.24. The van der Waals surface area contributed by atoms with Gasteiger partial charge >= 0.3 is 0 Å². The third-order valence-corrected chi connectivity index (χ3v) is 10.4. The standard InChI is InChI=1S/C24H38N4O2/c1-15-25-26-27-28(15)14-21(29)20-8-7-18-17-6-5-16-13-22(2,30)11-12-23(16,3)19(17)9-10-24(18,20)4/h16-20,30H,5-14H2,1-4H3/t16-,17-,18-,19-,20+,22+,23-,24-/m0/s1. The monoisotopic (exact) mass is 414 g/mol. The molecule has 5 rings (SSSR count). The molecule has 4 aliphatic rings. The number of tetrazole rings is 1. The first-order chi connectivity index (χ1) is 14.1. The number of carbonyl (C=O) groups excluding carboxylic acids is 1. The number of aromatic nitrogens is 4. The van der Waals surface area contributed by atoms with E-state index in [2.05, 4.69) is 29.4 Å². The van der Waals surface area contributed by atoms with Crippen molar-refractivity contribution in [3.8, 4) is 0 Å². The number of aryl methyl sites for hydroxylation is 1. The second-order valence-electron chi connectivity index (χ2n) is 11.9. The Morgan fingerprint density at radius 2 is 1.80 bits per heavy atom. The molecule has 0 saturated heterocycles. The number of Topliss-reactive ketones (excluding diaryl/α,β-unsaturated/α-hetero) is 1. The molecule has 30 heavy (non-hydrogen) atoms. The van der Waals surface area contributed by atoms with Crippen LogP contribution in [0, 0.1) is 47.3 Å². The molecular weight excluding hydrogens is 376 g/mol. The van der Waals surface area contributed by atoms with Crippen molar-refractivity contribution in [1.82, 2.24) is 20.2 Å². The Morgan fingerprint density at radius 1 is 1.03 bits per heavy atom. The maximum Gasteiger partial charge on any atom is 0.158 e. The molecule has 166 valence electrons. The maximum atomic E-state index is 13.3. The number of hydrogen-bond acceptors (Lipinski definition) is 5. The van der Waals surface area contributed by atoms with Gasteiger partial charge in [-0.15, -0.1) is 5.10 Å². The van der Waals surface area contributed by atoms with E-state index in [0.29, 0.717) is 35.4 Å². The highest BCUT2D eigenvalue weighted by Gasteiger charge is 2.61. The van der Waals surface area contributed by atoms with Crippen LogP contribution in [0.1, 0.15) is 84.4 Å². The molecule has 1 aromatic heterocycles. The Bertz CT molecular complexity index is 835. The van der Waals surface area contributed by atoms with E-state index in [-0.39, 0.29) is 11.3 Å². The van der Waals surface area contributed by atoms with Gasteiger partial charge in [-0.1, -0.05) is 13.8 Å². The Hall–Kier alpha value is -1.30. The van der Waals surface area contributed by atoms with Gasteiger partial charge in [-0.05, 0) is 117 Å². The lowest BCUT2D eigenvalue weighted by atomic mass is 9.44. The van der Waals surface area contributed by atoms with Crippen LogP contribution in [0.2, 0.25) is 0 Å². The zero-order chi connectivity index (χ0) is 21.3. The second kappa shape index (κ2) is 6.85. The lowest BCUT2D eigenvalue weighted by molar-refractivity contribution is -0.151. The van der Waals surface area contributed by atoms with Gasteiger partial charge < -0.3 is 5.11 Å². The summed E-state index contributed by atoms with van der Waals surface area (Å²) in [6.07, 6.45) is 10.3. The molecule has 4 fully saturated rings. The summed E-state index contributed by atoms with van der Waals surface area (Å²) in [6.45, 7) is 9.16. The van der Waals surface area contributed by atoms with E-state index >= 15 is 0 Å². The van der Waals surface area contributed by atoms with E-state index in [1.807, 2.05) is 13.8 Å². The Labute approximate surface area is 180 Å². The minimum Gasteiger partial charge on any atom is -0.390 e. The van der Waals surface area contributed by atoms with Gasteiger partial charge in [0.05, 0.1) is 5.60 Å². The van der Waals surface area contributed by atoms with Crippen LogP contribution in [0.3, 0.4) is 0 Å². The van der Waals surface area contributed by atoms with E-state index in [1.165, 1.54) is 32.1 Å². The number of fused-ring (bicyclic) bond motifs is 5. The predicted molar refractivity (Wildman–Crippen MR) is 113 cm³/mol. The largest absolute Gasteiger partial charge is 0.390 e.